The van der Waals surface area contributed by atoms with Gasteiger partial charge >= 0.3 is 0 Å². The highest BCUT2D eigenvalue weighted by atomic mass is 16.7. The van der Waals surface area contributed by atoms with Crippen molar-refractivity contribution in [1.29, 1.82) is 0 Å². The van der Waals surface area contributed by atoms with E-state index in [0.29, 0.717) is 11.8 Å². The summed E-state index contributed by atoms with van der Waals surface area (Å²) in [6, 6.07) is 6.16. The number of fused-ring (bicyclic) bond motifs is 2. The molecule has 8 heteroatoms. The molecule has 1 N–H and O–H groups in total. The average Bonchev–Trinajstić information content (AvgIpc) is 3.30. The lowest BCUT2D eigenvalue weighted by atomic mass is 9.97. The summed E-state index contributed by atoms with van der Waals surface area (Å²) in [5, 5.41) is 3.98. The Hall–Kier alpha value is -2.81. The van der Waals surface area contributed by atoms with Gasteiger partial charge in [-0.15, -0.1) is 0 Å². The molecule has 2 saturated heterocycles. The van der Waals surface area contributed by atoms with Crippen LogP contribution in [0.25, 0.3) is 10.9 Å². The first-order chi connectivity index (χ1) is 19.6. The highest BCUT2D eigenvalue weighted by Gasteiger charge is 2.37. The Kier molecular flexibility index (Phi) is 14.9. The summed E-state index contributed by atoms with van der Waals surface area (Å²) in [4.78, 5) is 28.6. The van der Waals surface area contributed by atoms with Crippen molar-refractivity contribution in [3.8, 4) is 0 Å². The molecule has 1 spiro atoms. The number of ether oxygens (including phenoxy) is 3. The zero-order valence-electron chi connectivity index (χ0n) is 25.2. The Morgan fingerprint density at radius 1 is 1.07 bits per heavy atom. The lowest BCUT2D eigenvalue weighted by molar-refractivity contribution is -0.235. The lowest BCUT2D eigenvalue weighted by Gasteiger charge is -2.41. The maximum atomic E-state index is 13.6. The smallest absolute Gasteiger partial charge is 0.191 e. The number of allylic oxidation sites excluding steroid dienone is 2. The van der Waals surface area contributed by atoms with Crippen molar-refractivity contribution in [3.63, 3.8) is 0 Å². The minimum atomic E-state index is -0.430. The molecule has 3 aliphatic rings. The molecule has 0 atom stereocenters. The Balaban J connectivity index is 0.000000634. The van der Waals surface area contributed by atoms with Crippen molar-refractivity contribution in [2.24, 2.45) is 0 Å². The Morgan fingerprint density at radius 3 is 2.33 bits per heavy atom. The van der Waals surface area contributed by atoms with E-state index in [2.05, 4.69) is 27.1 Å². The predicted octanol–water partition coefficient (Wildman–Crippen LogP) is 5.19. The Bertz CT molecular complexity index is 1120. The van der Waals surface area contributed by atoms with Crippen LogP contribution in [0, 0.1) is 0 Å². The van der Waals surface area contributed by atoms with Crippen LogP contribution < -0.4 is 15.6 Å². The number of nitrogens with zero attached hydrogens (tertiary/aromatic N) is 2. The Morgan fingerprint density at radius 2 is 1.73 bits per heavy atom. The fraction of sp³-hybridized carbons (Fsp3) is 0.594. The van der Waals surface area contributed by atoms with Gasteiger partial charge in [-0.25, -0.2) is 0 Å². The van der Waals surface area contributed by atoms with Crippen LogP contribution in [0.1, 0.15) is 70.4 Å². The number of aryl methyl sites for hydroxylation is 1. The molecule has 1 aromatic carbocycles. The lowest BCUT2D eigenvalue weighted by Crippen LogP contribution is -2.47. The first-order valence-electron chi connectivity index (χ1n) is 14.7. The zero-order chi connectivity index (χ0) is 29.4. The van der Waals surface area contributed by atoms with Gasteiger partial charge in [0.05, 0.1) is 30.6 Å². The number of hydrogen-bond acceptors (Lipinski definition) is 8. The van der Waals surface area contributed by atoms with Gasteiger partial charge in [-0.3, -0.25) is 9.78 Å². The van der Waals surface area contributed by atoms with Gasteiger partial charge in [-0.2, -0.15) is 0 Å². The van der Waals surface area contributed by atoms with Crippen LogP contribution >= 0.6 is 0 Å². The number of aromatic nitrogens is 1. The van der Waals surface area contributed by atoms with Crippen LogP contribution in [0.4, 0.5) is 5.69 Å². The molecule has 0 amide bonds. The van der Waals surface area contributed by atoms with Gasteiger partial charge in [0.1, 0.15) is 6.79 Å². The maximum absolute atomic E-state index is 13.6. The van der Waals surface area contributed by atoms with E-state index in [4.69, 9.17) is 19.3 Å². The van der Waals surface area contributed by atoms with Crippen LogP contribution in [0.3, 0.4) is 0 Å². The first kappa shape index (κ1) is 33.4. The highest BCUT2D eigenvalue weighted by Crippen LogP contribution is 2.32. The van der Waals surface area contributed by atoms with Crippen molar-refractivity contribution in [3.05, 3.63) is 57.5 Å². The molecule has 1 aliphatic carbocycles. The molecule has 1 aromatic heterocycles. The van der Waals surface area contributed by atoms with Crippen LogP contribution in [-0.4, -0.2) is 64.6 Å². The number of pyridine rings is 1. The third kappa shape index (κ3) is 8.85. The quantitative estimate of drug-likeness (QED) is 0.553. The average molecular weight is 556 g/mol. The number of methoxy groups -OCH3 is 1. The fourth-order valence-electron chi connectivity index (χ4n) is 5.18. The fourth-order valence-corrected chi connectivity index (χ4v) is 5.18. The number of rotatable bonds is 3. The number of carbonyl (C=O) groups excluding carboxylic acids is 1. The van der Waals surface area contributed by atoms with E-state index in [1.165, 1.54) is 5.70 Å². The highest BCUT2D eigenvalue weighted by molar-refractivity contribution is 5.82. The normalized spacial score (nSPS) is 19.3. The predicted molar refractivity (Wildman–Crippen MR) is 163 cm³/mol. The third-order valence-corrected chi connectivity index (χ3v) is 7.47. The molecular weight excluding hydrogens is 506 g/mol. The van der Waals surface area contributed by atoms with Crippen molar-refractivity contribution < 1.29 is 19.0 Å². The summed E-state index contributed by atoms with van der Waals surface area (Å²) in [5.41, 5.74) is 5.18. The summed E-state index contributed by atoms with van der Waals surface area (Å²) < 4.78 is 16.7. The minimum absolute atomic E-state index is 0.117. The van der Waals surface area contributed by atoms with Crippen molar-refractivity contribution in [1.82, 2.24) is 10.3 Å². The van der Waals surface area contributed by atoms with Crippen LogP contribution in [0.15, 0.2) is 41.0 Å². The molecule has 8 nitrogen and oxygen atoms in total. The molecule has 40 heavy (non-hydrogen) atoms. The van der Waals surface area contributed by atoms with E-state index in [9.17, 15) is 4.79 Å². The third-order valence-electron chi connectivity index (χ3n) is 7.47. The molecule has 0 unspecified atom stereocenters. The molecule has 3 heterocycles. The van der Waals surface area contributed by atoms with Gasteiger partial charge in [0, 0.05) is 63.3 Å². The zero-order valence-corrected chi connectivity index (χ0v) is 25.2. The summed E-state index contributed by atoms with van der Waals surface area (Å²) in [5.74, 6) is -0.430. The molecule has 5 rings (SSSR count). The standard InChI is InChI=1S/C26H33N3O3.C3H8O.C2H6.CH2O/c1-27-20-6-4-5-19-7-10-24-23(25(30)22(19)9-8-20)17-21(18-28-24)29-13-11-26(12-14-29)31-15-2-3-16-32-26;1-3-4-2;2*1-2/h7-8,10,17-18,27H,2-6,9,11-16H2,1H3;3H2,1-2H3;1-2H3;1H2/b20-8+;;;. The number of hydrogen-bond donors (Lipinski definition) is 1. The monoisotopic (exact) mass is 555 g/mol. The van der Waals surface area contributed by atoms with E-state index in [-0.39, 0.29) is 5.43 Å². The summed E-state index contributed by atoms with van der Waals surface area (Å²) in [6.07, 6.45) is 11.5. The molecule has 0 saturated carbocycles. The summed E-state index contributed by atoms with van der Waals surface area (Å²) in [7, 11) is 3.64. The van der Waals surface area contributed by atoms with Crippen LogP contribution in [0.5, 0.6) is 0 Å². The van der Waals surface area contributed by atoms with Crippen molar-refractivity contribution in [2.75, 3.05) is 52.0 Å². The van der Waals surface area contributed by atoms with Gasteiger partial charge in [0.2, 0.25) is 0 Å². The second-order valence-corrected chi connectivity index (χ2v) is 9.71. The van der Waals surface area contributed by atoms with Gasteiger partial charge in [-0.05, 0) is 63.1 Å². The van der Waals surface area contributed by atoms with E-state index in [1.54, 1.807) is 7.11 Å². The summed E-state index contributed by atoms with van der Waals surface area (Å²) in [6.45, 7) is 12.0. The number of nitrogens with one attached hydrogen (secondary N) is 1. The van der Waals surface area contributed by atoms with E-state index in [0.717, 1.165) is 100 Å². The van der Waals surface area contributed by atoms with E-state index in [1.807, 2.05) is 52.9 Å². The van der Waals surface area contributed by atoms with Crippen molar-refractivity contribution >= 4 is 23.4 Å². The molecule has 2 aliphatic heterocycles. The number of anilines is 1. The largest absolute Gasteiger partial charge is 0.392 e. The first-order valence-corrected chi connectivity index (χ1v) is 14.7. The Labute approximate surface area is 240 Å². The SMILES string of the molecule is C=O.CC.CCOC.CN/C1=C/Cc2c(ccc3ncc(N4CCC5(CC4)OCCCCO5)cc3c2=O)CCC1. The topological polar surface area (TPSA) is 90.0 Å². The molecule has 0 radical (unpaired) electrons. The second kappa shape index (κ2) is 17.8. The molecular formula is C32H49N3O5. The van der Waals surface area contributed by atoms with Gasteiger partial charge in [0.15, 0.2) is 11.2 Å². The number of carbonyl (C=O) groups is 1. The molecule has 222 valence electrons. The van der Waals surface area contributed by atoms with E-state index >= 15 is 0 Å². The molecule has 2 fully saturated rings. The van der Waals surface area contributed by atoms with Gasteiger partial charge < -0.3 is 29.2 Å². The minimum Gasteiger partial charge on any atom is -0.392 e. The van der Waals surface area contributed by atoms with Gasteiger partial charge in [0.25, 0.3) is 0 Å². The van der Waals surface area contributed by atoms with Crippen LogP contribution in [-0.2, 0) is 31.8 Å². The van der Waals surface area contributed by atoms with E-state index < -0.39 is 5.79 Å². The molecule has 0 bridgehead atoms. The van der Waals surface area contributed by atoms with Crippen LogP contribution in [0.2, 0.25) is 0 Å². The second-order valence-electron chi connectivity index (χ2n) is 9.71. The number of piperidine rings is 1. The van der Waals surface area contributed by atoms with Crippen molar-refractivity contribution in [2.45, 2.75) is 77.9 Å². The molecule has 2 aromatic rings. The van der Waals surface area contributed by atoms with Gasteiger partial charge in [-0.1, -0.05) is 26.0 Å². The summed E-state index contributed by atoms with van der Waals surface area (Å²) >= 11 is 0. The maximum Gasteiger partial charge on any atom is 0.191 e.